The molecule has 6 heteroatoms. The number of halogens is 1. The van der Waals surface area contributed by atoms with Gasteiger partial charge in [-0.2, -0.15) is 0 Å². The number of carbonyl (C=O) groups excluding carboxylic acids is 1. The Morgan fingerprint density at radius 1 is 1.43 bits per heavy atom. The van der Waals surface area contributed by atoms with Gasteiger partial charge in [-0.15, -0.1) is 0 Å². The molecule has 1 aliphatic rings. The third-order valence-corrected chi connectivity index (χ3v) is 5.31. The molecule has 0 saturated carbocycles. The molecular weight excluding hydrogens is 378 g/mol. The number of hydrogen-bond donors (Lipinski definition) is 1. The molecule has 1 N–H and O–H groups in total. The maximum Gasteiger partial charge on any atom is 0.310 e. The Kier molecular flexibility index (Phi) is 7.40. The van der Waals surface area contributed by atoms with E-state index in [1.165, 1.54) is 12.8 Å². The van der Waals surface area contributed by atoms with Crippen molar-refractivity contribution < 1.29 is 14.3 Å². The molecule has 0 unspecified atom stereocenters. The highest BCUT2D eigenvalue weighted by Gasteiger charge is 2.42. The molecule has 0 amide bonds. The fourth-order valence-corrected chi connectivity index (χ4v) is 3.97. The highest BCUT2D eigenvalue weighted by atomic mass is 79.9. The van der Waals surface area contributed by atoms with Crippen molar-refractivity contribution in [1.82, 2.24) is 4.72 Å². The molecule has 1 aromatic rings. The van der Waals surface area contributed by atoms with E-state index in [1.807, 2.05) is 19.1 Å². The molecule has 0 spiro atoms. The fourth-order valence-electron chi connectivity index (χ4n) is 2.52. The first-order chi connectivity index (χ1) is 11.1. The summed E-state index contributed by atoms with van der Waals surface area (Å²) in [6.07, 6.45) is 2.65. The van der Waals surface area contributed by atoms with Crippen molar-refractivity contribution in [1.29, 1.82) is 0 Å². The number of esters is 1. The van der Waals surface area contributed by atoms with Crippen LogP contribution in [0.3, 0.4) is 0 Å². The lowest BCUT2D eigenvalue weighted by atomic mass is 9.85. The second kappa shape index (κ2) is 9.06. The molecule has 0 atom stereocenters. The molecule has 1 saturated heterocycles. The lowest BCUT2D eigenvalue weighted by molar-refractivity contribution is -0.142. The van der Waals surface area contributed by atoms with E-state index < -0.39 is 0 Å². The van der Waals surface area contributed by atoms with Gasteiger partial charge in [-0.3, -0.25) is 4.79 Å². The molecule has 1 aromatic carbocycles. The Hall–Kier alpha value is -0.560. The number of rotatable bonds is 9. The van der Waals surface area contributed by atoms with Crippen molar-refractivity contribution in [3.05, 3.63) is 33.8 Å². The lowest BCUT2D eigenvalue weighted by Crippen LogP contribution is -2.55. The summed E-state index contributed by atoms with van der Waals surface area (Å²) in [5, 5.41) is 0. The van der Waals surface area contributed by atoms with E-state index in [4.69, 9.17) is 9.47 Å². The Balaban J connectivity index is 2.16. The molecule has 0 aromatic heterocycles. The summed E-state index contributed by atoms with van der Waals surface area (Å²) in [4.78, 5) is 11.9. The molecule has 1 fully saturated rings. The minimum absolute atomic E-state index is 0.194. The topological polar surface area (TPSA) is 47.6 Å². The Labute approximate surface area is 151 Å². The molecular formula is C17H24BrNO3S. The summed E-state index contributed by atoms with van der Waals surface area (Å²) >= 11 is 5.24. The molecule has 128 valence electrons. The van der Waals surface area contributed by atoms with E-state index in [0.29, 0.717) is 19.8 Å². The van der Waals surface area contributed by atoms with E-state index in [9.17, 15) is 4.79 Å². The van der Waals surface area contributed by atoms with Gasteiger partial charge >= 0.3 is 5.97 Å². The van der Waals surface area contributed by atoms with Gasteiger partial charge in [0, 0.05) is 10.2 Å². The van der Waals surface area contributed by atoms with Gasteiger partial charge in [-0.1, -0.05) is 47.3 Å². The van der Waals surface area contributed by atoms with Crippen LogP contribution in [0.4, 0.5) is 0 Å². The highest BCUT2D eigenvalue weighted by Crippen LogP contribution is 2.35. The maximum absolute atomic E-state index is 11.9. The van der Waals surface area contributed by atoms with Crippen molar-refractivity contribution in [3.63, 3.8) is 0 Å². The summed E-state index contributed by atoms with van der Waals surface area (Å²) in [5.74, 6) is 0.878. The minimum Gasteiger partial charge on any atom is -0.466 e. The zero-order valence-corrected chi connectivity index (χ0v) is 16.1. The first kappa shape index (κ1) is 18.8. The van der Waals surface area contributed by atoms with Crippen LogP contribution in [0.15, 0.2) is 22.7 Å². The third-order valence-electron chi connectivity index (χ3n) is 3.79. The van der Waals surface area contributed by atoms with Crippen LogP contribution in [0.5, 0.6) is 0 Å². The minimum atomic E-state index is -0.207. The maximum atomic E-state index is 11.9. The van der Waals surface area contributed by atoms with Crippen LogP contribution in [0.25, 0.3) is 0 Å². The van der Waals surface area contributed by atoms with Crippen LogP contribution in [-0.2, 0) is 26.2 Å². The number of carbonyl (C=O) groups is 1. The van der Waals surface area contributed by atoms with E-state index in [1.54, 1.807) is 11.9 Å². The fraction of sp³-hybridized carbons (Fsp3) is 0.588. The summed E-state index contributed by atoms with van der Waals surface area (Å²) in [6, 6.07) is 6.10. The highest BCUT2D eigenvalue weighted by molar-refractivity contribution is 9.10. The average molecular weight is 402 g/mol. The van der Waals surface area contributed by atoms with Crippen molar-refractivity contribution in [2.75, 3.05) is 25.6 Å². The predicted octanol–water partition coefficient (Wildman–Crippen LogP) is 3.82. The molecule has 4 nitrogen and oxygen atoms in total. The van der Waals surface area contributed by atoms with Crippen molar-refractivity contribution in [2.24, 2.45) is 0 Å². The standard InChI is InChI=1S/C17H24BrNO3S/c1-3-5-8-23-19-17(11-21-12-17)15-7-6-14(18)9-13(15)10-16(20)22-4-2/h6-7,9,19H,3-5,8,10-12H2,1-2H3. The van der Waals surface area contributed by atoms with Gasteiger partial charge in [0.1, 0.15) is 0 Å². The molecule has 1 heterocycles. The van der Waals surface area contributed by atoms with Crippen LogP contribution < -0.4 is 4.72 Å². The number of unbranched alkanes of at least 4 members (excludes halogenated alkanes) is 1. The number of nitrogens with one attached hydrogen (secondary N) is 1. The largest absolute Gasteiger partial charge is 0.466 e. The second-order valence-corrected chi connectivity index (χ2v) is 7.48. The monoisotopic (exact) mass is 401 g/mol. The summed E-state index contributed by atoms with van der Waals surface area (Å²) in [5.41, 5.74) is 1.91. The van der Waals surface area contributed by atoms with Crippen molar-refractivity contribution >= 4 is 33.8 Å². The Morgan fingerprint density at radius 2 is 2.22 bits per heavy atom. The summed E-state index contributed by atoms with van der Waals surface area (Å²) < 4.78 is 15.1. The van der Waals surface area contributed by atoms with E-state index in [-0.39, 0.29) is 17.9 Å². The lowest BCUT2D eigenvalue weighted by Gasteiger charge is -2.43. The number of ether oxygens (including phenoxy) is 2. The third kappa shape index (κ3) is 4.95. The van der Waals surface area contributed by atoms with E-state index in [2.05, 4.69) is 33.6 Å². The van der Waals surface area contributed by atoms with E-state index in [0.717, 1.165) is 21.4 Å². The molecule has 0 aliphatic carbocycles. The molecule has 23 heavy (non-hydrogen) atoms. The average Bonchev–Trinajstić information content (AvgIpc) is 2.47. The second-order valence-electron chi connectivity index (χ2n) is 5.66. The normalized spacial score (nSPS) is 16.0. The predicted molar refractivity (Wildman–Crippen MR) is 97.5 cm³/mol. The van der Waals surface area contributed by atoms with Gasteiger partial charge in [0.05, 0.1) is 31.8 Å². The molecule has 0 radical (unpaired) electrons. The SMILES string of the molecule is CCCCSNC1(c2ccc(Br)cc2CC(=O)OCC)COC1. The van der Waals surface area contributed by atoms with Gasteiger partial charge in [-0.05, 0) is 36.6 Å². The van der Waals surface area contributed by atoms with Crippen LogP contribution >= 0.6 is 27.9 Å². The summed E-state index contributed by atoms with van der Waals surface area (Å²) in [6.45, 7) is 5.68. The number of benzene rings is 1. The summed E-state index contributed by atoms with van der Waals surface area (Å²) in [7, 11) is 0. The molecule has 1 aliphatic heterocycles. The van der Waals surface area contributed by atoms with Crippen LogP contribution in [0.2, 0.25) is 0 Å². The van der Waals surface area contributed by atoms with Gasteiger partial charge in [-0.25, -0.2) is 4.72 Å². The van der Waals surface area contributed by atoms with Crippen molar-refractivity contribution in [2.45, 2.75) is 38.6 Å². The quantitative estimate of drug-likeness (QED) is 0.387. The van der Waals surface area contributed by atoms with Crippen molar-refractivity contribution in [3.8, 4) is 0 Å². The first-order valence-electron chi connectivity index (χ1n) is 8.02. The first-order valence-corrected chi connectivity index (χ1v) is 9.80. The zero-order chi connectivity index (χ0) is 16.7. The van der Waals surface area contributed by atoms with Crippen LogP contribution in [0.1, 0.15) is 37.8 Å². The number of hydrogen-bond acceptors (Lipinski definition) is 5. The Bertz CT molecular complexity index is 535. The van der Waals surface area contributed by atoms with Crippen LogP contribution in [-0.4, -0.2) is 31.5 Å². The smallest absolute Gasteiger partial charge is 0.310 e. The van der Waals surface area contributed by atoms with Gasteiger partial charge in [0.25, 0.3) is 0 Å². The van der Waals surface area contributed by atoms with Gasteiger partial charge in [0.15, 0.2) is 0 Å². The van der Waals surface area contributed by atoms with Gasteiger partial charge < -0.3 is 9.47 Å². The van der Waals surface area contributed by atoms with Gasteiger partial charge in [0.2, 0.25) is 0 Å². The zero-order valence-electron chi connectivity index (χ0n) is 13.7. The molecule has 0 bridgehead atoms. The van der Waals surface area contributed by atoms with E-state index >= 15 is 0 Å². The van der Waals surface area contributed by atoms with Crippen LogP contribution in [0, 0.1) is 0 Å². The Morgan fingerprint density at radius 3 is 2.83 bits per heavy atom. The molecule has 2 rings (SSSR count).